The van der Waals surface area contributed by atoms with Crippen LogP contribution in [0.3, 0.4) is 0 Å². The SMILES string of the molecule is Cc1cccc(-c2c(C(F)(F)F)ccn(-c3cnn(C)c(=O)c3Cl)c2=O)c1. The van der Waals surface area contributed by atoms with E-state index in [-0.39, 0.29) is 16.3 Å². The minimum absolute atomic E-state index is 0.0904. The largest absolute Gasteiger partial charge is 0.417 e. The van der Waals surface area contributed by atoms with Crippen molar-refractivity contribution < 1.29 is 13.2 Å². The highest BCUT2D eigenvalue weighted by atomic mass is 35.5. The summed E-state index contributed by atoms with van der Waals surface area (Å²) >= 11 is 6.00. The number of alkyl halides is 3. The molecular formula is C18H13ClF3N3O2. The van der Waals surface area contributed by atoms with Crippen molar-refractivity contribution in [2.24, 2.45) is 7.05 Å². The van der Waals surface area contributed by atoms with E-state index in [2.05, 4.69) is 5.10 Å². The van der Waals surface area contributed by atoms with E-state index in [4.69, 9.17) is 11.6 Å². The van der Waals surface area contributed by atoms with Crippen molar-refractivity contribution in [3.63, 3.8) is 0 Å². The van der Waals surface area contributed by atoms with Crippen molar-refractivity contribution in [2.75, 3.05) is 0 Å². The number of aryl methyl sites for hydroxylation is 2. The normalized spacial score (nSPS) is 11.6. The fourth-order valence-electron chi connectivity index (χ4n) is 2.71. The molecule has 2 heterocycles. The van der Waals surface area contributed by atoms with Crippen LogP contribution in [-0.2, 0) is 13.2 Å². The third-order valence-corrected chi connectivity index (χ3v) is 4.38. The summed E-state index contributed by atoms with van der Waals surface area (Å²) in [4.78, 5) is 24.9. The van der Waals surface area contributed by atoms with E-state index in [1.807, 2.05) is 0 Å². The molecule has 0 unspecified atom stereocenters. The second-order valence-corrected chi connectivity index (χ2v) is 6.30. The van der Waals surface area contributed by atoms with E-state index < -0.39 is 28.4 Å². The molecule has 3 aromatic rings. The Kier molecular flexibility index (Phi) is 4.69. The lowest BCUT2D eigenvalue weighted by Crippen LogP contribution is -2.28. The Morgan fingerprint density at radius 2 is 1.81 bits per heavy atom. The summed E-state index contributed by atoms with van der Waals surface area (Å²) in [7, 11) is 1.37. The zero-order valence-corrected chi connectivity index (χ0v) is 15.0. The van der Waals surface area contributed by atoms with Gasteiger partial charge in [-0.25, -0.2) is 4.68 Å². The molecule has 0 N–H and O–H groups in total. The number of halogens is 4. The molecule has 0 aliphatic heterocycles. The molecule has 0 saturated heterocycles. The fourth-order valence-corrected chi connectivity index (χ4v) is 2.97. The molecule has 0 aliphatic carbocycles. The molecule has 0 fully saturated rings. The molecule has 9 heteroatoms. The monoisotopic (exact) mass is 395 g/mol. The highest BCUT2D eigenvalue weighted by Crippen LogP contribution is 2.35. The lowest BCUT2D eigenvalue weighted by atomic mass is 9.99. The first-order chi connectivity index (χ1) is 12.6. The van der Waals surface area contributed by atoms with Gasteiger partial charge in [-0.2, -0.15) is 18.3 Å². The van der Waals surface area contributed by atoms with Crippen molar-refractivity contribution in [3.8, 4) is 16.8 Å². The molecule has 2 aromatic heterocycles. The molecule has 3 rings (SSSR count). The van der Waals surface area contributed by atoms with Crippen molar-refractivity contribution in [2.45, 2.75) is 13.1 Å². The minimum Gasteiger partial charge on any atom is -0.280 e. The van der Waals surface area contributed by atoms with Gasteiger partial charge in [-0.05, 0) is 18.6 Å². The molecule has 0 aliphatic rings. The maximum Gasteiger partial charge on any atom is 0.417 e. The molecule has 0 radical (unpaired) electrons. The van der Waals surface area contributed by atoms with Gasteiger partial charge in [-0.1, -0.05) is 41.4 Å². The van der Waals surface area contributed by atoms with Gasteiger partial charge in [-0.3, -0.25) is 14.2 Å². The van der Waals surface area contributed by atoms with Gasteiger partial charge in [0, 0.05) is 13.2 Å². The highest BCUT2D eigenvalue weighted by Gasteiger charge is 2.35. The Morgan fingerprint density at radius 3 is 2.44 bits per heavy atom. The Bertz CT molecular complexity index is 1150. The second kappa shape index (κ2) is 6.70. The summed E-state index contributed by atoms with van der Waals surface area (Å²) in [5.74, 6) is 0. The van der Waals surface area contributed by atoms with Crippen LogP contribution in [0.25, 0.3) is 16.8 Å². The Labute approximate surface area is 156 Å². The maximum atomic E-state index is 13.5. The predicted octanol–water partition coefficient (Wildman–Crippen LogP) is 3.58. The summed E-state index contributed by atoms with van der Waals surface area (Å²) in [6, 6.07) is 6.97. The van der Waals surface area contributed by atoms with Gasteiger partial charge in [-0.15, -0.1) is 0 Å². The van der Waals surface area contributed by atoms with Crippen LogP contribution in [0.4, 0.5) is 13.2 Å². The van der Waals surface area contributed by atoms with E-state index in [0.29, 0.717) is 5.56 Å². The van der Waals surface area contributed by atoms with Crippen LogP contribution in [0.5, 0.6) is 0 Å². The average Bonchev–Trinajstić information content (AvgIpc) is 2.59. The van der Waals surface area contributed by atoms with Crippen molar-refractivity contribution in [1.29, 1.82) is 0 Å². The molecule has 1 aromatic carbocycles. The molecule has 0 amide bonds. The first-order valence-corrected chi connectivity index (χ1v) is 8.11. The van der Waals surface area contributed by atoms with Gasteiger partial charge in [0.2, 0.25) is 0 Å². The predicted molar refractivity (Wildman–Crippen MR) is 95.3 cm³/mol. The summed E-state index contributed by atoms with van der Waals surface area (Å²) in [5, 5.41) is 3.47. The standard InChI is InChI=1S/C18H13ClF3N3O2/c1-10-4-3-5-11(8-10)14-12(18(20,21)22)6-7-25(16(14)26)13-9-23-24(2)17(27)15(13)19/h3-9H,1-2H3. The van der Waals surface area contributed by atoms with Gasteiger partial charge in [0.1, 0.15) is 5.02 Å². The molecule has 5 nitrogen and oxygen atoms in total. The van der Waals surface area contributed by atoms with Crippen LogP contribution in [0.2, 0.25) is 5.02 Å². The van der Waals surface area contributed by atoms with Gasteiger partial charge in [0.15, 0.2) is 0 Å². The molecule has 140 valence electrons. The van der Waals surface area contributed by atoms with Gasteiger partial charge in [0.05, 0.1) is 23.0 Å². The second-order valence-electron chi connectivity index (χ2n) is 5.92. The van der Waals surface area contributed by atoms with Crippen molar-refractivity contribution in [3.05, 3.63) is 79.6 Å². The third kappa shape index (κ3) is 3.40. The van der Waals surface area contributed by atoms with Crippen LogP contribution in [-0.4, -0.2) is 14.3 Å². The first kappa shape index (κ1) is 18.9. The van der Waals surface area contributed by atoms with Crippen molar-refractivity contribution in [1.82, 2.24) is 14.3 Å². The number of aromatic nitrogens is 3. The molecule has 0 spiro atoms. The number of pyridine rings is 1. The highest BCUT2D eigenvalue weighted by molar-refractivity contribution is 6.32. The quantitative estimate of drug-likeness (QED) is 0.666. The number of hydrogen-bond acceptors (Lipinski definition) is 3. The van der Waals surface area contributed by atoms with Gasteiger partial charge in [0.25, 0.3) is 11.1 Å². The molecule has 0 bridgehead atoms. The van der Waals surface area contributed by atoms with Gasteiger partial charge >= 0.3 is 6.18 Å². The summed E-state index contributed by atoms with van der Waals surface area (Å²) < 4.78 is 42.4. The van der Waals surface area contributed by atoms with Crippen LogP contribution < -0.4 is 11.1 Å². The van der Waals surface area contributed by atoms with Gasteiger partial charge < -0.3 is 0 Å². The van der Waals surface area contributed by atoms with E-state index in [1.165, 1.54) is 19.2 Å². The first-order valence-electron chi connectivity index (χ1n) is 7.73. The third-order valence-electron chi connectivity index (χ3n) is 4.02. The van der Waals surface area contributed by atoms with Crippen LogP contribution in [0.15, 0.2) is 52.3 Å². The topological polar surface area (TPSA) is 56.9 Å². The summed E-state index contributed by atoms with van der Waals surface area (Å²) in [6.45, 7) is 1.71. The average molecular weight is 396 g/mol. The number of rotatable bonds is 2. The lowest BCUT2D eigenvalue weighted by molar-refractivity contribution is -0.137. The van der Waals surface area contributed by atoms with Crippen LogP contribution >= 0.6 is 11.6 Å². The molecule has 0 atom stereocenters. The summed E-state index contributed by atoms with van der Waals surface area (Å²) in [6.07, 6.45) is -2.64. The molecule has 27 heavy (non-hydrogen) atoms. The zero-order valence-electron chi connectivity index (χ0n) is 14.2. The minimum atomic E-state index is -4.73. The van der Waals surface area contributed by atoms with Crippen molar-refractivity contribution >= 4 is 11.6 Å². The van der Waals surface area contributed by atoms with Crippen LogP contribution in [0, 0.1) is 6.92 Å². The summed E-state index contributed by atoms with van der Waals surface area (Å²) in [5.41, 5.74) is -2.48. The molecular weight excluding hydrogens is 383 g/mol. The van der Waals surface area contributed by atoms with E-state index in [0.717, 1.165) is 27.7 Å². The Morgan fingerprint density at radius 1 is 1.11 bits per heavy atom. The smallest absolute Gasteiger partial charge is 0.280 e. The molecule has 0 saturated carbocycles. The number of benzene rings is 1. The van der Waals surface area contributed by atoms with E-state index >= 15 is 0 Å². The van der Waals surface area contributed by atoms with E-state index in [1.54, 1.807) is 19.1 Å². The Hall–Kier alpha value is -2.87. The van der Waals surface area contributed by atoms with Crippen LogP contribution in [0.1, 0.15) is 11.1 Å². The number of nitrogens with zero attached hydrogens (tertiary/aromatic N) is 3. The Balaban J connectivity index is 2.39. The van der Waals surface area contributed by atoms with E-state index in [9.17, 15) is 22.8 Å². The lowest BCUT2D eigenvalue weighted by Gasteiger charge is -2.16. The number of hydrogen-bond donors (Lipinski definition) is 0. The zero-order chi connectivity index (χ0) is 19.9. The maximum absolute atomic E-state index is 13.5. The fraction of sp³-hybridized carbons (Fsp3) is 0.167.